The lowest BCUT2D eigenvalue weighted by Crippen LogP contribution is -2.43. The molecule has 6 nitrogen and oxygen atoms in total. The SMILES string of the molecule is O=C(Nc1ccc(N2CCNCC2)cc1)c1cn2ccnc2s1. The van der Waals surface area contributed by atoms with Crippen LogP contribution >= 0.6 is 11.3 Å². The molecule has 2 aromatic heterocycles. The monoisotopic (exact) mass is 327 g/mol. The van der Waals surface area contributed by atoms with Gasteiger partial charge in [-0.3, -0.25) is 9.20 Å². The number of benzene rings is 1. The van der Waals surface area contributed by atoms with E-state index in [1.165, 1.54) is 17.0 Å². The van der Waals surface area contributed by atoms with Gasteiger partial charge in [-0.25, -0.2) is 4.98 Å². The van der Waals surface area contributed by atoms with Crippen molar-refractivity contribution in [1.29, 1.82) is 0 Å². The summed E-state index contributed by atoms with van der Waals surface area (Å²) >= 11 is 1.38. The number of fused-ring (bicyclic) bond motifs is 1. The van der Waals surface area contributed by atoms with Crippen LogP contribution in [0.4, 0.5) is 11.4 Å². The van der Waals surface area contributed by atoms with Crippen LogP contribution < -0.4 is 15.5 Å². The van der Waals surface area contributed by atoms with Crippen LogP contribution in [0.5, 0.6) is 0 Å². The van der Waals surface area contributed by atoms with E-state index < -0.39 is 0 Å². The normalized spacial score (nSPS) is 15.0. The number of rotatable bonds is 3. The zero-order valence-corrected chi connectivity index (χ0v) is 13.3. The Bertz CT molecular complexity index is 788. The minimum atomic E-state index is -0.101. The molecule has 0 radical (unpaired) electrons. The number of anilines is 2. The number of hydrogen-bond donors (Lipinski definition) is 2. The average molecular weight is 327 g/mol. The van der Waals surface area contributed by atoms with Crippen molar-refractivity contribution in [1.82, 2.24) is 14.7 Å². The molecular formula is C16H17N5OS. The van der Waals surface area contributed by atoms with Gasteiger partial charge < -0.3 is 15.5 Å². The molecule has 1 fully saturated rings. The highest BCUT2D eigenvalue weighted by atomic mass is 32.1. The third-order valence-electron chi connectivity index (χ3n) is 3.92. The lowest BCUT2D eigenvalue weighted by Gasteiger charge is -2.29. The Kier molecular flexibility index (Phi) is 3.72. The van der Waals surface area contributed by atoms with Gasteiger partial charge in [0.15, 0.2) is 4.96 Å². The number of hydrogen-bond acceptors (Lipinski definition) is 5. The number of thiazole rings is 1. The van der Waals surface area contributed by atoms with Crippen molar-refractivity contribution < 1.29 is 4.79 Å². The summed E-state index contributed by atoms with van der Waals surface area (Å²) in [6.45, 7) is 4.05. The van der Waals surface area contributed by atoms with Crippen molar-refractivity contribution in [3.63, 3.8) is 0 Å². The van der Waals surface area contributed by atoms with Crippen LogP contribution in [0.2, 0.25) is 0 Å². The number of amides is 1. The highest BCUT2D eigenvalue weighted by molar-refractivity contribution is 7.18. The Labute approximate surface area is 137 Å². The molecule has 1 aliphatic heterocycles. The number of carbonyl (C=O) groups excluding carboxylic acids is 1. The first kappa shape index (κ1) is 14.2. The van der Waals surface area contributed by atoms with Gasteiger partial charge in [0.2, 0.25) is 0 Å². The predicted molar refractivity (Wildman–Crippen MR) is 92.5 cm³/mol. The van der Waals surface area contributed by atoms with Gasteiger partial charge in [-0.2, -0.15) is 0 Å². The Morgan fingerprint density at radius 3 is 2.74 bits per heavy atom. The van der Waals surface area contributed by atoms with E-state index in [0.717, 1.165) is 36.8 Å². The molecular weight excluding hydrogens is 310 g/mol. The third-order valence-corrected chi connectivity index (χ3v) is 4.93. The third kappa shape index (κ3) is 2.93. The van der Waals surface area contributed by atoms with Crippen molar-refractivity contribution in [3.05, 3.63) is 47.7 Å². The highest BCUT2D eigenvalue weighted by Gasteiger charge is 2.13. The number of carbonyl (C=O) groups is 1. The topological polar surface area (TPSA) is 61.7 Å². The van der Waals surface area contributed by atoms with Crippen molar-refractivity contribution in [3.8, 4) is 0 Å². The lowest BCUT2D eigenvalue weighted by atomic mass is 10.2. The van der Waals surface area contributed by atoms with Gasteiger partial charge in [-0.1, -0.05) is 11.3 Å². The summed E-state index contributed by atoms with van der Waals surface area (Å²) in [6, 6.07) is 8.02. The van der Waals surface area contributed by atoms with E-state index in [1.54, 1.807) is 12.4 Å². The average Bonchev–Trinajstić information content (AvgIpc) is 3.18. The summed E-state index contributed by atoms with van der Waals surface area (Å²) in [4.78, 5) is 20.3. The fraction of sp³-hybridized carbons (Fsp3) is 0.250. The van der Waals surface area contributed by atoms with Crippen LogP contribution in [-0.4, -0.2) is 41.5 Å². The molecule has 0 aliphatic carbocycles. The van der Waals surface area contributed by atoms with E-state index in [1.807, 2.05) is 22.7 Å². The summed E-state index contributed by atoms with van der Waals surface area (Å²) in [5.74, 6) is -0.101. The van der Waals surface area contributed by atoms with E-state index in [9.17, 15) is 4.79 Å². The predicted octanol–water partition coefficient (Wildman–Crippen LogP) is 2.06. The molecule has 0 atom stereocenters. The van der Waals surface area contributed by atoms with Gasteiger partial charge in [-0.05, 0) is 24.3 Å². The van der Waals surface area contributed by atoms with Crippen molar-refractivity contribution in [2.75, 3.05) is 36.4 Å². The molecule has 0 unspecified atom stereocenters. The van der Waals surface area contributed by atoms with E-state index in [2.05, 4.69) is 32.7 Å². The molecule has 1 saturated heterocycles. The van der Waals surface area contributed by atoms with E-state index in [0.29, 0.717) is 4.88 Å². The van der Waals surface area contributed by atoms with E-state index in [-0.39, 0.29) is 5.91 Å². The first-order valence-electron chi connectivity index (χ1n) is 7.59. The number of nitrogens with one attached hydrogen (secondary N) is 2. The number of imidazole rings is 1. The molecule has 23 heavy (non-hydrogen) atoms. The fourth-order valence-electron chi connectivity index (χ4n) is 2.70. The standard InChI is InChI=1S/C16H17N5OS/c22-15(14-11-21-10-7-18-16(21)23-14)19-12-1-3-13(4-2-12)20-8-5-17-6-9-20/h1-4,7,10-11,17H,5-6,8-9H2,(H,19,22). The zero-order chi connectivity index (χ0) is 15.6. The molecule has 1 aromatic carbocycles. The molecule has 7 heteroatoms. The number of nitrogens with zero attached hydrogens (tertiary/aromatic N) is 3. The fourth-order valence-corrected chi connectivity index (χ4v) is 3.54. The van der Waals surface area contributed by atoms with Gasteiger partial charge in [0.05, 0.1) is 0 Å². The van der Waals surface area contributed by atoms with Crippen molar-refractivity contribution in [2.24, 2.45) is 0 Å². The quantitative estimate of drug-likeness (QED) is 0.773. The second kappa shape index (κ2) is 6.02. The lowest BCUT2D eigenvalue weighted by molar-refractivity contribution is 0.103. The van der Waals surface area contributed by atoms with Gasteiger partial charge in [0, 0.05) is 56.1 Å². The van der Waals surface area contributed by atoms with E-state index >= 15 is 0 Å². The maximum atomic E-state index is 12.3. The van der Waals surface area contributed by atoms with Crippen molar-refractivity contribution in [2.45, 2.75) is 0 Å². The summed E-state index contributed by atoms with van der Waals surface area (Å²) in [5, 5.41) is 6.28. The molecule has 0 spiro atoms. The Morgan fingerprint density at radius 2 is 2.00 bits per heavy atom. The Balaban J connectivity index is 1.45. The molecule has 118 valence electrons. The number of piperazine rings is 1. The van der Waals surface area contributed by atoms with Gasteiger partial charge in [0.25, 0.3) is 5.91 Å². The first-order chi connectivity index (χ1) is 11.3. The maximum absolute atomic E-state index is 12.3. The molecule has 0 saturated carbocycles. The van der Waals surface area contributed by atoms with Gasteiger partial charge >= 0.3 is 0 Å². The minimum absolute atomic E-state index is 0.101. The highest BCUT2D eigenvalue weighted by Crippen LogP contribution is 2.21. The summed E-state index contributed by atoms with van der Waals surface area (Å²) in [6.07, 6.45) is 5.37. The molecule has 0 bridgehead atoms. The summed E-state index contributed by atoms with van der Waals surface area (Å²) < 4.78 is 1.85. The molecule has 1 aliphatic rings. The smallest absolute Gasteiger partial charge is 0.267 e. The number of aromatic nitrogens is 2. The van der Waals surface area contributed by atoms with Crippen LogP contribution in [0.15, 0.2) is 42.9 Å². The second-order valence-electron chi connectivity index (χ2n) is 5.45. The molecule has 4 rings (SSSR count). The van der Waals surface area contributed by atoms with Crippen molar-refractivity contribution >= 4 is 33.6 Å². The van der Waals surface area contributed by atoms with Crippen LogP contribution in [0.1, 0.15) is 9.67 Å². The molecule has 2 N–H and O–H groups in total. The van der Waals surface area contributed by atoms with Crippen LogP contribution in [0, 0.1) is 0 Å². The second-order valence-corrected chi connectivity index (χ2v) is 6.46. The molecule has 3 heterocycles. The minimum Gasteiger partial charge on any atom is -0.369 e. The molecule has 1 amide bonds. The zero-order valence-electron chi connectivity index (χ0n) is 12.5. The van der Waals surface area contributed by atoms with Crippen LogP contribution in [-0.2, 0) is 0 Å². The molecule has 3 aromatic rings. The largest absolute Gasteiger partial charge is 0.369 e. The van der Waals surface area contributed by atoms with E-state index in [4.69, 9.17) is 0 Å². The van der Waals surface area contributed by atoms with Crippen LogP contribution in [0.25, 0.3) is 4.96 Å². The maximum Gasteiger partial charge on any atom is 0.267 e. The Morgan fingerprint density at radius 1 is 1.22 bits per heavy atom. The van der Waals surface area contributed by atoms with Crippen LogP contribution in [0.3, 0.4) is 0 Å². The van der Waals surface area contributed by atoms with Gasteiger partial charge in [-0.15, -0.1) is 0 Å². The first-order valence-corrected chi connectivity index (χ1v) is 8.41. The summed E-state index contributed by atoms with van der Waals surface area (Å²) in [7, 11) is 0. The van der Waals surface area contributed by atoms with Gasteiger partial charge in [0.1, 0.15) is 4.88 Å². The Hall–Kier alpha value is -2.38. The summed E-state index contributed by atoms with van der Waals surface area (Å²) in [5.41, 5.74) is 2.00.